The van der Waals surface area contributed by atoms with Crippen molar-refractivity contribution in [1.29, 1.82) is 0 Å². The summed E-state index contributed by atoms with van der Waals surface area (Å²) in [4.78, 5) is 14.9. The summed E-state index contributed by atoms with van der Waals surface area (Å²) in [5.74, 6) is 0.530. The number of benzene rings is 2. The monoisotopic (exact) mass is 369 g/mol. The molecule has 1 fully saturated rings. The van der Waals surface area contributed by atoms with Gasteiger partial charge in [0.25, 0.3) is 0 Å². The Balaban J connectivity index is 1.53. The molecule has 0 saturated carbocycles. The number of morpholine rings is 1. The molecule has 6 heteroatoms. The third-order valence-electron chi connectivity index (χ3n) is 4.61. The SMILES string of the molecule is COc1ccccc1NC(=O)[C@@H](C)Nc1ccc(CN2CCOCC2)cc1. The maximum atomic E-state index is 12.5. The predicted octanol–water partition coefficient (Wildman–Crippen LogP) is 2.97. The van der Waals surface area contributed by atoms with Gasteiger partial charge < -0.3 is 20.1 Å². The Kier molecular flexibility index (Phi) is 6.68. The van der Waals surface area contributed by atoms with Gasteiger partial charge in [-0.3, -0.25) is 9.69 Å². The van der Waals surface area contributed by atoms with Gasteiger partial charge in [-0.05, 0) is 36.8 Å². The van der Waals surface area contributed by atoms with E-state index in [0.29, 0.717) is 11.4 Å². The summed E-state index contributed by atoms with van der Waals surface area (Å²) in [6, 6.07) is 15.2. The van der Waals surface area contributed by atoms with E-state index in [9.17, 15) is 4.79 Å². The first-order chi connectivity index (χ1) is 13.2. The highest BCUT2D eigenvalue weighted by molar-refractivity contribution is 5.97. The lowest BCUT2D eigenvalue weighted by atomic mass is 10.1. The largest absolute Gasteiger partial charge is 0.495 e. The van der Waals surface area contributed by atoms with Gasteiger partial charge >= 0.3 is 0 Å². The van der Waals surface area contributed by atoms with Crippen LogP contribution in [0.5, 0.6) is 5.75 Å². The maximum Gasteiger partial charge on any atom is 0.246 e. The van der Waals surface area contributed by atoms with Gasteiger partial charge in [0, 0.05) is 25.3 Å². The molecule has 0 unspecified atom stereocenters. The van der Waals surface area contributed by atoms with Crippen LogP contribution in [0.2, 0.25) is 0 Å². The summed E-state index contributed by atoms with van der Waals surface area (Å²) in [5, 5.41) is 6.15. The molecule has 27 heavy (non-hydrogen) atoms. The van der Waals surface area contributed by atoms with Crippen molar-refractivity contribution in [2.24, 2.45) is 0 Å². The normalized spacial score (nSPS) is 15.8. The van der Waals surface area contributed by atoms with Crippen LogP contribution in [0.3, 0.4) is 0 Å². The Morgan fingerprint density at radius 2 is 1.85 bits per heavy atom. The Labute approximate surface area is 160 Å². The molecule has 1 atom stereocenters. The molecule has 0 bridgehead atoms. The number of hydrogen-bond donors (Lipinski definition) is 2. The van der Waals surface area contributed by atoms with Crippen molar-refractivity contribution in [2.45, 2.75) is 19.5 Å². The topological polar surface area (TPSA) is 62.8 Å². The molecule has 0 aromatic heterocycles. The van der Waals surface area contributed by atoms with E-state index in [4.69, 9.17) is 9.47 Å². The molecule has 1 amide bonds. The fraction of sp³-hybridized carbons (Fsp3) is 0.381. The molecule has 1 aliphatic heterocycles. The fourth-order valence-corrected chi connectivity index (χ4v) is 3.03. The van der Waals surface area contributed by atoms with Crippen molar-refractivity contribution >= 4 is 17.3 Å². The number of anilines is 2. The van der Waals surface area contributed by atoms with Gasteiger partial charge in [-0.1, -0.05) is 24.3 Å². The van der Waals surface area contributed by atoms with Crippen LogP contribution >= 0.6 is 0 Å². The standard InChI is InChI=1S/C21H27N3O3/c1-16(21(25)23-19-5-3-4-6-20(19)26-2)22-18-9-7-17(8-10-18)15-24-11-13-27-14-12-24/h3-10,16,22H,11-15H2,1-2H3,(H,23,25)/t16-/m1/s1. The Morgan fingerprint density at radius 1 is 1.15 bits per heavy atom. The van der Waals surface area contributed by atoms with Crippen LogP contribution in [0.25, 0.3) is 0 Å². The van der Waals surface area contributed by atoms with Crippen LogP contribution in [0, 0.1) is 0 Å². The number of carbonyl (C=O) groups is 1. The maximum absolute atomic E-state index is 12.5. The van der Waals surface area contributed by atoms with E-state index in [1.165, 1.54) is 5.56 Å². The molecule has 2 aromatic carbocycles. The predicted molar refractivity (Wildman–Crippen MR) is 107 cm³/mol. The molecule has 3 rings (SSSR count). The number of carbonyl (C=O) groups excluding carboxylic acids is 1. The van der Waals surface area contributed by atoms with Crippen LogP contribution in [-0.4, -0.2) is 50.3 Å². The second kappa shape index (κ2) is 9.39. The van der Waals surface area contributed by atoms with Gasteiger partial charge in [0.2, 0.25) is 5.91 Å². The third-order valence-corrected chi connectivity index (χ3v) is 4.61. The molecular formula is C21H27N3O3. The van der Waals surface area contributed by atoms with Gasteiger partial charge in [-0.25, -0.2) is 0 Å². The molecule has 1 heterocycles. The second-order valence-corrected chi connectivity index (χ2v) is 6.64. The molecule has 0 spiro atoms. The van der Waals surface area contributed by atoms with Crippen molar-refractivity contribution < 1.29 is 14.3 Å². The van der Waals surface area contributed by atoms with E-state index in [1.807, 2.05) is 43.3 Å². The lowest BCUT2D eigenvalue weighted by molar-refractivity contribution is -0.116. The summed E-state index contributed by atoms with van der Waals surface area (Å²) in [6.07, 6.45) is 0. The van der Waals surface area contributed by atoms with Crippen LogP contribution < -0.4 is 15.4 Å². The highest BCUT2D eigenvalue weighted by Crippen LogP contribution is 2.23. The molecule has 144 valence electrons. The molecule has 2 N–H and O–H groups in total. The van der Waals surface area contributed by atoms with Gasteiger partial charge in [0.1, 0.15) is 11.8 Å². The van der Waals surface area contributed by atoms with Crippen molar-refractivity contribution in [3.8, 4) is 5.75 Å². The molecule has 1 aliphatic rings. The zero-order valence-corrected chi connectivity index (χ0v) is 15.9. The van der Waals surface area contributed by atoms with E-state index >= 15 is 0 Å². The lowest BCUT2D eigenvalue weighted by Gasteiger charge is -2.26. The first-order valence-corrected chi connectivity index (χ1v) is 9.25. The minimum Gasteiger partial charge on any atom is -0.495 e. The summed E-state index contributed by atoms with van der Waals surface area (Å²) >= 11 is 0. The van der Waals surface area contributed by atoms with Gasteiger partial charge in [-0.2, -0.15) is 0 Å². The van der Waals surface area contributed by atoms with Crippen molar-refractivity contribution in [2.75, 3.05) is 44.0 Å². The van der Waals surface area contributed by atoms with Crippen molar-refractivity contribution in [1.82, 2.24) is 4.90 Å². The zero-order chi connectivity index (χ0) is 19.1. The van der Waals surface area contributed by atoms with Crippen LogP contribution in [0.4, 0.5) is 11.4 Å². The summed E-state index contributed by atoms with van der Waals surface area (Å²) in [5.41, 5.74) is 2.84. The number of amides is 1. The third kappa shape index (κ3) is 5.45. The average molecular weight is 369 g/mol. The molecule has 2 aromatic rings. The highest BCUT2D eigenvalue weighted by atomic mass is 16.5. The summed E-state index contributed by atoms with van der Waals surface area (Å²) < 4.78 is 10.7. The summed E-state index contributed by atoms with van der Waals surface area (Å²) in [7, 11) is 1.59. The highest BCUT2D eigenvalue weighted by Gasteiger charge is 2.15. The first kappa shape index (κ1) is 19.2. The number of nitrogens with one attached hydrogen (secondary N) is 2. The smallest absolute Gasteiger partial charge is 0.246 e. The number of nitrogens with zero attached hydrogens (tertiary/aromatic N) is 1. The first-order valence-electron chi connectivity index (χ1n) is 9.25. The lowest BCUT2D eigenvalue weighted by Crippen LogP contribution is -2.35. The van der Waals surface area contributed by atoms with Crippen molar-refractivity contribution in [3.05, 3.63) is 54.1 Å². The van der Waals surface area contributed by atoms with Crippen LogP contribution in [-0.2, 0) is 16.1 Å². The quantitative estimate of drug-likeness (QED) is 0.786. The minimum atomic E-state index is -0.375. The van der Waals surface area contributed by atoms with Crippen LogP contribution in [0.1, 0.15) is 12.5 Å². The molecule has 0 aliphatic carbocycles. The second-order valence-electron chi connectivity index (χ2n) is 6.64. The molecule has 0 radical (unpaired) electrons. The Morgan fingerprint density at radius 3 is 2.56 bits per heavy atom. The number of rotatable bonds is 7. The Bertz CT molecular complexity index is 743. The number of methoxy groups -OCH3 is 1. The molecule has 6 nitrogen and oxygen atoms in total. The Hall–Kier alpha value is -2.57. The van der Waals surface area contributed by atoms with Gasteiger partial charge in [-0.15, -0.1) is 0 Å². The molecule has 1 saturated heterocycles. The number of hydrogen-bond acceptors (Lipinski definition) is 5. The van der Waals surface area contributed by atoms with E-state index in [0.717, 1.165) is 38.5 Å². The zero-order valence-electron chi connectivity index (χ0n) is 15.9. The van der Waals surface area contributed by atoms with Crippen LogP contribution in [0.15, 0.2) is 48.5 Å². The average Bonchev–Trinajstić information content (AvgIpc) is 2.70. The fourth-order valence-electron chi connectivity index (χ4n) is 3.03. The minimum absolute atomic E-state index is 0.114. The van der Waals surface area contributed by atoms with Gasteiger partial charge in [0.05, 0.1) is 26.0 Å². The number of para-hydroxylation sites is 2. The summed E-state index contributed by atoms with van der Waals surface area (Å²) in [6.45, 7) is 6.32. The van der Waals surface area contributed by atoms with E-state index in [-0.39, 0.29) is 11.9 Å². The molecular weight excluding hydrogens is 342 g/mol. The van der Waals surface area contributed by atoms with E-state index in [1.54, 1.807) is 7.11 Å². The van der Waals surface area contributed by atoms with E-state index < -0.39 is 0 Å². The number of ether oxygens (including phenoxy) is 2. The van der Waals surface area contributed by atoms with Gasteiger partial charge in [0.15, 0.2) is 0 Å². The van der Waals surface area contributed by atoms with E-state index in [2.05, 4.69) is 27.7 Å². The van der Waals surface area contributed by atoms with Crippen molar-refractivity contribution in [3.63, 3.8) is 0 Å².